The fourth-order valence-electron chi connectivity index (χ4n) is 0.945. The van der Waals surface area contributed by atoms with Crippen LogP contribution in [0.2, 0.25) is 0 Å². The summed E-state index contributed by atoms with van der Waals surface area (Å²) in [5.41, 5.74) is -0.741. The van der Waals surface area contributed by atoms with Gasteiger partial charge in [-0.05, 0) is 6.42 Å². The maximum atomic E-state index is 10.2. The van der Waals surface area contributed by atoms with Crippen molar-refractivity contribution in [2.75, 3.05) is 19.8 Å². The quantitative estimate of drug-likeness (QED) is 0.422. The van der Waals surface area contributed by atoms with Crippen LogP contribution < -0.4 is 5.32 Å². The molecule has 0 aromatic rings. The first-order valence-electron chi connectivity index (χ1n) is 4.29. The average molecular weight is 191 g/mol. The number of nitrogens with one attached hydrogen (secondary N) is 1. The Morgan fingerprint density at radius 1 is 1.38 bits per heavy atom. The molecule has 0 spiro atoms. The molecule has 0 heterocycles. The maximum absolute atomic E-state index is 10.2. The fraction of sp³-hybridized carbons (Fsp3) is 0.875. The van der Waals surface area contributed by atoms with Crippen LogP contribution in [0.3, 0.4) is 0 Å². The van der Waals surface area contributed by atoms with Crippen LogP contribution in [-0.4, -0.2) is 46.6 Å². The number of aliphatic carboxylic acids is 1. The van der Waals surface area contributed by atoms with E-state index in [1.54, 1.807) is 0 Å². The van der Waals surface area contributed by atoms with E-state index < -0.39 is 11.5 Å². The number of hydrogen-bond acceptors (Lipinski definition) is 4. The summed E-state index contributed by atoms with van der Waals surface area (Å²) >= 11 is 0. The van der Waals surface area contributed by atoms with E-state index in [4.69, 9.17) is 15.3 Å². The zero-order chi connectivity index (χ0) is 10.3. The van der Waals surface area contributed by atoms with Gasteiger partial charge in [-0.1, -0.05) is 6.92 Å². The molecule has 13 heavy (non-hydrogen) atoms. The molecule has 5 nitrogen and oxygen atoms in total. The van der Waals surface area contributed by atoms with Crippen LogP contribution >= 0.6 is 0 Å². The number of rotatable bonds is 7. The summed E-state index contributed by atoms with van der Waals surface area (Å²) in [6.45, 7) is 1.68. The van der Waals surface area contributed by atoms with Gasteiger partial charge in [0, 0.05) is 6.54 Å². The molecule has 0 rings (SSSR count). The Bertz CT molecular complexity index is 148. The van der Waals surface area contributed by atoms with Crippen LogP contribution in [0.25, 0.3) is 0 Å². The van der Waals surface area contributed by atoms with E-state index in [1.165, 1.54) is 0 Å². The predicted octanol–water partition coefficient (Wildman–Crippen LogP) is -0.816. The zero-order valence-electron chi connectivity index (χ0n) is 7.79. The van der Waals surface area contributed by atoms with Crippen LogP contribution in [0.1, 0.15) is 19.8 Å². The molecule has 0 fully saturated rings. The second-order valence-corrected chi connectivity index (χ2v) is 3.02. The molecule has 0 aliphatic carbocycles. The van der Waals surface area contributed by atoms with Crippen molar-refractivity contribution < 1.29 is 20.1 Å². The highest BCUT2D eigenvalue weighted by Gasteiger charge is 2.25. The van der Waals surface area contributed by atoms with Crippen molar-refractivity contribution in [1.82, 2.24) is 5.32 Å². The Hall–Kier alpha value is -0.650. The first-order valence-corrected chi connectivity index (χ1v) is 4.29. The molecular formula is C8H17NO4. The van der Waals surface area contributed by atoms with E-state index in [1.807, 2.05) is 6.92 Å². The van der Waals surface area contributed by atoms with E-state index in [0.717, 1.165) is 0 Å². The fourth-order valence-corrected chi connectivity index (χ4v) is 0.945. The predicted molar refractivity (Wildman–Crippen MR) is 47.4 cm³/mol. The molecule has 0 bridgehead atoms. The zero-order valence-corrected chi connectivity index (χ0v) is 7.79. The molecule has 0 atom stereocenters. The molecule has 78 valence electrons. The summed E-state index contributed by atoms with van der Waals surface area (Å²) in [7, 11) is 0. The van der Waals surface area contributed by atoms with Gasteiger partial charge in [0.15, 0.2) is 0 Å². The number of aliphatic hydroxyl groups is 2. The number of carbonyl (C=O) groups is 1. The van der Waals surface area contributed by atoms with Crippen molar-refractivity contribution in [3.05, 3.63) is 0 Å². The maximum Gasteiger partial charge on any atom is 0.304 e. The van der Waals surface area contributed by atoms with Gasteiger partial charge in [-0.3, -0.25) is 4.79 Å². The molecule has 4 N–H and O–H groups in total. The lowest BCUT2D eigenvalue weighted by Gasteiger charge is -2.29. The second-order valence-electron chi connectivity index (χ2n) is 3.02. The molecule has 5 heteroatoms. The summed E-state index contributed by atoms with van der Waals surface area (Å²) in [5.74, 6) is -0.895. The molecular weight excluding hydrogens is 174 g/mol. The minimum absolute atomic E-state index is 0.0122. The summed E-state index contributed by atoms with van der Waals surface area (Å²) in [5, 5.41) is 29.1. The van der Waals surface area contributed by atoms with Gasteiger partial charge in [0.05, 0.1) is 25.2 Å². The summed E-state index contributed by atoms with van der Waals surface area (Å²) in [4.78, 5) is 10.2. The van der Waals surface area contributed by atoms with Crippen LogP contribution in [-0.2, 0) is 4.79 Å². The van der Waals surface area contributed by atoms with Crippen molar-refractivity contribution in [3.63, 3.8) is 0 Å². The van der Waals surface area contributed by atoms with E-state index in [2.05, 4.69) is 5.32 Å². The smallest absolute Gasteiger partial charge is 0.304 e. The Kier molecular flexibility index (Phi) is 5.61. The Morgan fingerprint density at radius 2 is 1.92 bits per heavy atom. The van der Waals surface area contributed by atoms with Gasteiger partial charge in [-0.2, -0.15) is 0 Å². The molecule has 0 aliphatic heterocycles. The lowest BCUT2D eigenvalue weighted by molar-refractivity contribution is -0.137. The van der Waals surface area contributed by atoms with E-state index >= 15 is 0 Å². The van der Waals surface area contributed by atoms with Gasteiger partial charge in [0.25, 0.3) is 0 Å². The molecule has 0 radical (unpaired) electrons. The molecule has 0 amide bonds. The molecule has 0 aliphatic rings. The Morgan fingerprint density at radius 3 is 2.23 bits per heavy atom. The van der Waals surface area contributed by atoms with Gasteiger partial charge in [0.1, 0.15) is 0 Å². The van der Waals surface area contributed by atoms with Gasteiger partial charge < -0.3 is 20.6 Å². The van der Waals surface area contributed by atoms with E-state index in [-0.39, 0.29) is 26.2 Å². The number of carboxylic acids is 1. The van der Waals surface area contributed by atoms with Gasteiger partial charge >= 0.3 is 5.97 Å². The third kappa shape index (κ3) is 4.21. The summed E-state index contributed by atoms with van der Waals surface area (Å²) in [6.07, 6.45) is 0.543. The third-order valence-corrected chi connectivity index (χ3v) is 2.12. The minimum atomic E-state index is -0.895. The highest BCUT2D eigenvalue weighted by molar-refractivity contribution is 5.66. The number of aliphatic hydroxyl groups excluding tert-OH is 2. The third-order valence-electron chi connectivity index (χ3n) is 2.12. The van der Waals surface area contributed by atoms with Crippen molar-refractivity contribution in [1.29, 1.82) is 0 Å². The lowest BCUT2D eigenvalue weighted by atomic mass is 9.98. The topological polar surface area (TPSA) is 89.8 Å². The summed E-state index contributed by atoms with van der Waals surface area (Å²) in [6, 6.07) is 0. The first-order chi connectivity index (χ1) is 6.10. The monoisotopic (exact) mass is 191 g/mol. The van der Waals surface area contributed by atoms with Crippen LogP contribution in [0.4, 0.5) is 0 Å². The lowest BCUT2D eigenvalue weighted by Crippen LogP contribution is -2.51. The van der Waals surface area contributed by atoms with Gasteiger partial charge in [-0.15, -0.1) is 0 Å². The van der Waals surface area contributed by atoms with Crippen LogP contribution in [0, 0.1) is 0 Å². The summed E-state index contributed by atoms with van der Waals surface area (Å²) < 4.78 is 0. The number of carboxylic acid groups (broad SMARTS) is 1. The van der Waals surface area contributed by atoms with Gasteiger partial charge in [-0.25, -0.2) is 0 Å². The van der Waals surface area contributed by atoms with Crippen molar-refractivity contribution in [2.45, 2.75) is 25.3 Å². The average Bonchev–Trinajstić information content (AvgIpc) is 2.13. The Balaban J connectivity index is 3.88. The van der Waals surface area contributed by atoms with Crippen molar-refractivity contribution in [2.24, 2.45) is 0 Å². The second kappa shape index (κ2) is 5.90. The molecule has 0 unspecified atom stereocenters. The normalized spacial score (nSPS) is 11.6. The van der Waals surface area contributed by atoms with E-state index in [0.29, 0.717) is 6.42 Å². The highest BCUT2D eigenvalue weighted by atomic mass is 16.4. The molecule has 0 aromatic heterocycles. The van der Waals surface area contributed by atoms with Crippen molar-refractivity contribution in [3.8, 4) is 0 Å². The van der Waals surface area contributed by atoms with Crippen molar-refractivity contribution >= 4 is 5.97 Å². The standard InChI is InChI=1S/C8H17NO4/c1-2-8(5-10,6-11)9-4-3-7(12)13/h9-11H,2-6H2,1H3,(H,12,13). The molecule has 0 saturated carbocycles. The highest BCUT2D eigenvalue weighted by Crippen LogP contribution is 2.07. The van der Waals surface area contributed by atoms with E-state index in [9.17, 15) is 4.79 Å². The molecule has 0 aromatic carbocycles. The Labute approximate surface area is 77.4 Å². The first kappa shape index (κ1) is 12.3. The molecule has 0 saturated heterocycles. The minimum Gasteiger partial charge on any atom is -0.481 e. The number of hydrogen-bond donors (Lipinski definition) is 4. The SMILES string of the molecule is CCC(CO)(CO)NCCC(=O)O. The largest absolute Gasteiger partial charge is 0.481 e. The van der Waals surface area contributed by atoms with Gasteiger partial charge in [0.2, 0.25) is 0 Å². The van der Waals surface area contributed by atoms with Crippen LogP contribution in [0.15, 0.2) is 0 Å². The van der Waals surface area contributed by atoms with Crippen LogP contribution in [0.5, 0.6) is 0 Å².